The van der Waals surface area contributed by atoms with Crippen molar-refractivity contribution in [1.82, 2.24) is 0 Å². The van der Waals surface area contributed by atoms with Crippen LogP contribution < -0.4 is 10.6 Å². The first-order valence-corrected chi connectivity index (χ1v) is 8.23. The van der Waals surface area contributed by atoms with E-state index in [1.807, 2.05) is 32.0 Å². The van der Waals surface area contributed by atoms with Crippen molar-refractivity contribution in [3.63, 3.8) is 0 Å². The SMILES string of the molecule is CC(=O)Nc1cccc(C(=O)OC(C)C(=O)Nc2ccc(C)cc2C)c1. The van der Waals surface area contributed by atoms with Gasteiger partial charge in [0, 0.05) is 18.3 Å². The molecule has 0 saturated heterocycles. The molecule has 1 unspecified atom stereocenters. The number of carbonyl (C=O) groups excluding carboxylic acids is 3. The molecular weight excluding hydrogens is 332 g/mol. The van der Waals surface area contributed by atoms with Gasteiger partial charge in [0.25, 0.3) is 5.91 Å². The third kappa shape index (κ3) is 5.17. The van der Waals surface area contributed by atoms with Crippen LogP contribution in [0.4, 0.5) is 11.4 Å². The molecule has 2 aromatic rings. The zero-order valence-corrected chi connectivity index (χ0v) is 15.3. The first kappa shape index (κ1) is 19.2. The van der Waals surface area contributed by atoms with Crippen molar-refractivity contribution in [3.05, 3.63) is 59.2 Å². The maximum absolute atomic E-state index is 12.3. The molecule has 0 aliphatic rings. The highest BCUT2D eigenvalue weighted by molar-refractivity contribution is 5.98. The van der Waals surface area contributed by atoms with Gasteiger partial charge < -0.3 is 15.4 Å². The maximum Gasteiger partial charge on any atom is 0.338 e. The third-order valence-corrected chi connectivity index (χ3v) is 3.71. The fourth-order valence-corrected chi connectivity index (χ4v) is 2.40. The number of amides is 2. The Balaban J connectivity index is 2.01. The maximum atomic E-state index is 12.3. The summed E-state index contributed by atoms with van der Waals surface area (Å²) < 4.78 is 5.23. The first-order valence-electron chi connectivity index (χ1n) is 8.23. The molecule has 0 heterocycles. The van der Waals surface area contributed by atoms with Crippen molar-refractivity contribution >= 4 is 29.2 Å². The third-order valence-electron chi connectivity index (χ3n) is 3.71. The van der Waals surface area contributed by atoms with E-state index in [0.717, 1.165) is 11.1 Å². The number of hydrogen-bond acceptors (Lipinski definition) is 4. The molecule has 6 heteroatoms. The average molecular weight is 354 g/mol. The molecule has 0 bridgehead atoms. The van der Waals surface area contributed by atoms with Crippen LogP contribution >= 0.6 is 0 Å². The average Bonchev–Trinajstić information content (AvgIpc) is 2.56. The summed E-state index contributed by atoms with van der Waals surface area (Å²) in [6, 6.07) is 12.0. The number of aryl methyl sites for hydroxylation is 2. The molecule has 0 spiro atoms. The number of hydrogen-bond donors (Lipinski definition) is 2. The minimum atomic E-state index is -0.965. The molecule has 0 radical (unpaired) electrons. The normalized spacial score (nSPS) is 11.4. The van der Waals surface area contributed by atoms with E-state index in [-0.39, 0.29) is 11.5 Å². The number of nitrogens with one attached hydrogen (secondary N) is 2. The van der Waals surface area contributed by atoms with Gasteiger partial charge in [-0.1, -0.05) is 23.8 Å². The molecule has 2 rings (SSSR count). The Kier molecular flexibility index (Phi) is 6.11. The van der Waals surface area contributed by atoms with E-state index in [0.29, 0.717) is 11.4 Å². The lowest BCUT2D eigenvalue weighted by Gasteiger charge is -2.15. The van der Waals surface area contributed by atoms with Crippen LogP contribution in [0.1, 0.15) is 35.3 Å². The standard InChI is InChI=1S/C20H22N2O4/c1-12-8-9-18(13(2)10-12)22-19(24)14(3)26-20(25)16-6-5-7-17(11-16)21-15(4)23/h5-11,14H,1-4H3,(H,21,23)(H,22,24). The lowest BCUT2D eigenvalue weighted by Crippen LogP contribution is -2.30. The van der Waals surface area contributed by atoms with Gasteiger partial charge >= 0.3 is 5.97 Å². The van der Waals surface area contributed by atoms with E-state index in [1.54, 1.807) is 18.2 Å². The smallest absolute Gasteiger partial charge is 0.338 e. The molecular formula is C20H22N2O4. The zero-order chi connectivity index (χ0) is 19.3. The van der Waals surface area contributed by atoms with Gasteiger partial charge in [-0.15, -0.1) is 0 Å². The molecule has 2 amide bonds. The van der Waals surface area contributed by atoms with Crippen LogP contribution in [0.5, 0.6) is 0 Å². The highest BCUT2D eigenvalue weighted by atomic mass is 16.5. The Bertz CT molecular complexity index is 845. The van der Waals surface area contributed by atoms with Crippen molar-refractivity contribution in [3.8, 4) is 0 Å². The molecule has 2 N–H and O–H groups in total. The molecule has 1 atom stereocenters. The molecule has 2 aromatic carbocycles. The molecule has 136 valence electrons. The van der Waals surface area contributed by atoms with E-state index in [2.05, 4.69) is 10.6 Å². The van der Waals surface area contributed by atoms with Gasteiger partial charge in [0.05, 0.1) is 5.56 Å². The van der Waals surface area contributed by atoms with Crippen LogP contribution in [0, 0.1) is 13.8 Å². The van der Waals surface area contributed by atoms with Crippen LogP contribution in [0.15, 0.2) is 42.5 Å². The Hall–Kier alpha value is -3.15. The van der Waals surface area contributed by atoms with E-state index in [1.165, 1.54) is 19.9 Å². The monoisotopic (exact) mass is 354 g/mol. The van der Waals surface area contributed by atoms with Crippen LogP contribution in [0.3, 0.4) is 0 Å². The topological polar surface area (TPSA) is 84.5 Å². The Morgan fingerprint density at radius 2 is 1.73 bits per heavy atom. The van der Waals surface area contributed by atoms with E-state index in [9.17, 15) is 14.4 Å². The Morgan fingerprint density at radius 1 is 1.00 bits per heavy atom. The number of carbonyl (C=O) groups is 3. The van der Waals surface area contributed by atoms with Gasteiger partial charge in [-0.05, 0) is 50.6 Å². The number of ether oxygens (including phenoxy) is 1. The van der Waals surface area contributed by atoms with Crippen LogP contribution in [-0.2, 0) is 14.3 Å². The van der Waals surface area contributed by atoms with Crippen molar-refractivity contribution in [2.75, 3.05) is 10.6 Å². The molecule has 0 saturated carbocycles. The van der Waals surface area contributed by atoms with Crippen molar-refractivity contribution < 1.29 is 19.1 Å². The summed E-state index contributed by atoms with van der Waals surface area (Å²) in [5.74, 6) is -1.29. The second-order valence-electron chi connectivity index (χ2n) is 6.12. The van der Waals surface area contributed by atoms with Crippen LogP contribution in [0.2, 0.25) is 0 Å². The van der Waals surface area contributed by atoms with E-state index < -0.39 is 18.0 Å². The van der Waals surface area contributed by atoms with Crippen LogP contribution in [-0.4, -0.2) is 23.9 Å². The largest absolute Gasteiger partial charge is 0.449 e. The Morgan fingerprint density at radius 3 is 2.38 bits per heavy atom. The second-order valence-corrected chi connectivity index (χ2v) is 6.12. The van der Waals surface area contributed by atoms with Gasteiger partial charge in [0.15, 0.2) is 6.10 Å². The summed E-state index contributed by atoms with van der Waals surface area (Å²) in [6.45, 7) is 6.75. The van der Waals surface area contributed by atoms with Gasteiger partial charge in [0.1, 0.15) is 0 Å². The fourth-order valence-electron chi connectivity index (χ4n) is 2.40. The minimum Gasteiger partial charge on any atom is -0.449 e. The number of esters is 1. The summed E-state index contributed by atoms with van der Waals surface area (Å²) in [7, 11) is 0. The molecule has 0 aliphatic heterocycles. The quantitative estimate of drug-likeness (QED) is 0.806. The predicted octanol–water partition coefficient (Wildman–Crippen LogP) is 3.45. The van der Waals surface area contributed by atoms with Crippen molar-refractivity contribution in [2.24, 2.45) is 0 Å². The van der Waals surface area contributed by atoms with Gasteiger partial charge in [0.2, 0.25) is 5.91 Å². The summed E-state index contributed by atoms with van der Waals surface area (Å²) >= 11 is 0. The predicted molar refractivity (Wildman–Crippen MR) is 100 cm³/mol. The van der Waals surface area contributed by atoms with Gasteiger partial charge in [-0.2, -0.15) is 0 Å². The van der Waals surface area contributed by atoms with Crippen LogP contribution in [0.25, 0.3) is 0 Å². The van der Waals surface area contributed by atoms with Gasteiger partial charge in [-0.25, -0.2) is 4.79 Å². The molecule has 26 heavy (non-hydrogen) atoms. The lowest BCUT2D eigenvalue weighted by atomic mass is 10.1. The minimum absolute atomic E-state index is 0.239. The Labute approximate surface area is 152 Å². The number of benzene rings is 2. The highest BCUT2D eigenvalue weighted by Crippen LogP contribution is 2.17. The van der Waals surface area contributed by atoms with Crippen molar-refractivity contribution in [2.45, 2.75) is 33.8 Å². The van der Waals surface area contributed by atoms with E-state index in [4.69, 9.17) is 4.74 Å². The second kappa shape index (κ2) is 8.29. The first-order chi connectivity index (χ1) is 12.3. The van der Waals surface area contributed by atoms with Gasteiger partial charge in [-0.3, -0.25) is 9.59 Å². The molecule has 0 aromatic heterocycles. The van der Waals surface area contributed by atoms with Crippen molar-refractivity contribution in [1.29, 1.82) is 0 Å². The molecule has 0 fully saturated rings. The summed E-state index contributed by atoms with van der Waals surface area (Å²) in [5, 5.41) is 5.35. The molecule has 6 nitrogen and oxygen atoms in total. The van der Waals surface area contributed by atoms with E-state index >= 15 is 0 Å². The molecule has 0 aliphatic carbocycles. The lowest BCUT2D eigenvalue weighted by molar-refractivity contribution is -0.123. The highest BCUT2D eigenvalue weighted by Gasteiger charge is 2.20. The number of rotatable bonds is 5. The summed E-state index contributed by atoms with van der Waals surface area (Å²) in [4.78, 5) is 35.6. The summed E-state index contributed by atoms with van der Waals surface area (Å²) in [6.07, 6.45) is -0.965. The summed E-state index contributed by atoms with van der Waals surface area (Å²) in [5.41, 5.74) is 3.44. The fraction of sp³-hybridized carbons (Fsp3) is 0.250. The number of anilines is 2. The zero-order valence-electron chi connectivity index (χ0n) is 15.3.